The molecule has 21 heavy (non-hydrogen) atoms. The lowest BCUT2D eigenvalue weighted by Gasteiger charge is -2.35. The maximum Gasteiger partial charge on any atom is 0.123 e. The number of hydrogen-bond donors (Lipinski definition) is 1. The van der Waals surface area contributed by atoms with Crippen molar-refractivity contribution >= 4 is 0 Å². The SMILES string of the molecule is CCCNC(c1ccc(F)cc1)C1CCC(CCC)CC1. The largest absolute Gasteiger partial charge is 0.310 e. The lowest BCUT2D eigenvalue weighted by molar-refractivity contribution is 0.214. The summed E-state index contributed by atoms with van der Waals surface area (Å²) in [5.74, 6) is 1.50. The molecule has 1 aromatic carbocycles. The number of benzene rings is 1. The average molecular weight is 291 g/mol. The standard InChI is InChI=1S/C19H30FN/c1-3-5-15-6-8-16(9-7-15)19(21-14-4-2)17-10-12-18(20)13-11-17/h10-13,15-16,19,21H,3-9,14H2,1-2H3. The van der Waals surface area contributed by atoms with E-state index in [2.05, 4.69) is 19.2 Å². The third-order valence-corrected chi connectivity index (χ3v) is 4.90. The zero-order valence-electron chi connectivity index (χ0n) is 13.6. The monoisotopic (exact) mass is 291 g/mol. The predicted octanol–water partition coefficient (Wildman–Crippen LogP) is 5.47. The Hall–Kier alpha value is -0.890. The Morgan fingerprint density at radius 2 is 1.71 bits per heavy atom. The minimum absolute atomic E-state index is 0.139. The number of nitrogens with one attached hydrogen (secondary N) is 1. The number of hydrogen-bond acceptors (Lipinski definition) is 1. The van der Waals surface area contributed by atoms with E-state index in [9.17, 15) is 4.39 Å². The van der Waals surface area contributed by atoms with Gasteiger partial charge in [0.1, 0.15) is 5.82 Å². The molecule has 1 aliphatic carbocycles. The summed E-state index contributed by atoms with van der Waals surface area (Å²) in [5, 5.41) is 3.70. The van der Waals surface area contributed by atoms with E-state index in [-0.39, 0.29) is 5.82 Å². The van der Waals surface area contributed by atoms with E-state index in [4.69, 9.17) is 0 Å². The number of halogens is 1. The maximum absolute atomic E-state index is 13.2. The third kappa shape index (κ3) is 4.81. The van der Waals surface area contributed by atoms with E-state index < -0.39 is 0 Å². The molecule has 1 nitrogen and oxygen atoms in total. The van der Waals surface area contributed by atoms with Gasteiger partial charge in [-0.1, -0.05) is 51.7 Å². The Labute approximate surface area is 129 Å². The molecule has 0 heterocycles. The highest BCUT2D eigenvalue weighted by molar-refractivity contribution is 5.21. The first-order valence-corrected chi connectivity index (χ1v) is 8.73. The van der Waals surface area contributed by atoms with Crippen LogP contribution in [0.2, 0.25) is 0 Å². The second-order valence-corrected chi connectivity index (χ2v) is 6.55. The molecular formula is C19H30FN. The molecule has 0 spiro atoms. The predicted molar refractivity (Wildman–Crippen MR) is 87.8 cm³/mol. The van der Waals surface area contributed by atoms with Gasteiger partial charge in [0, 0.05) is 6.04 Å². The van der Waals surface area contributed by atoms with Gasteiger partial charge in [-0.3, -0.25) is 0 Å². The van der Waals surface area contributed by atoms with E-state index in [1.54, 1.807) is 12.1 Å². The second kappa shape index (κ2) is 8.53. The molecule has 0 aliphatic heterocycles. The van der Waals surface area contributed by atoms with E-state index in [1.165, 1.54) is 44.1 Å². The van der Waals surface area contributed by atoms with Gasteiger partial charge >= 0.3 is 0 Å². The molecular weight excluding hydrogens is 261 g/mol. The molecule has 0 amide bonds. The fourth-order valence-corrected chi connectivity index (χ4v) is 3.75. The van der Waals surface area contributed by atoms with Crippen molar-refractivity contribution in [1.29, 1.82) is 0 Å². The highest BCUT2D eigenvalue weighted by Crippen LogP contribution is 2.38. The summed E-state index contributed by atoms with van der Waals surface area (Å²) in [5.41, 5.74) is 1.25. The quantitative estimate of drug-likeness (QED) is 0.702. The van der Waals surface area contributed by atoms with Crippen LogP contribution >= 0.6 is 0 Å². The molecule has 1 atom stereocenters. The summed E-state index contributed by atoms with van der Waals surface area (Å²) in [6.07, 6.45) is 9.19. The molecule has 0 bridgehead atoms. The summed E-state index contributed by atoms with van der Waals surface area (Å²) >= 11 is 0. The van der Waals surface area contributed by atoms with Crippen molar-refractivity contribution in [3.05, 3.63) is 35.6 Å². The maximum atomic E-state index is 13.2. The normalized spacial score (nSPS) is 24.0. The van der Waals surface area contributed by atoms with Crippen LogP contribution in [-0.2, 0) is 0 Å². The average Bonchev–Trinajstić information content (AvgIpc) is 2.51. The third-order valence-electron chi connectivity index (χ3n) is 4.90. The first-order valence-electron chi connectivity index (χ1n) is 8.73. The smallest absolute Gasteiger partial charge is 0.123 e. The van der Waals surface area contributed by atoms with Crippen LogP contribution < -0.4 is 5.32 Å². The minimum Gasteiger partial charge on any atom is -0.310 e. The summed E-state index contributed by atoms with van der Waals surface area (Å²) in [7, 11) is 0. The Balaban J connectivity index is 2.01. The van der Waals surface area contributed by atoms with Gasteiger partial charge in [-0.05, 0) is 55.3 Å². The van der Waals surface area contributed by atoms with Gasteiger partial charge < -0.3 is 5.32 Å². The van der Waals surface area contributed by atoms with Crippen molar-refractivity contribution in [2.45, 2.75) is 64.8 Å². The first-order chi connectivity index (χ1) is 10.2. The highest BCUT2D eigenvalue weighted by Gasteiger charge is 2.27. The van der Waals surface area contributed by atoms with Crippen molar-refractivity contribution < 1.29 is 4.39 Å². The fourth-order valence-electron chi connectivity index (χ4n) is 3.75. The van der Waals surface area contributed by atoms with Gasteiger partial charge in [-0.25, -0.2) is 4.39 Å². The lowest BCUT2D eigenvalue weighted by Crippen LogP contribution is -2.31. The van der Waals surface area contributed by atoms with Gasteiger partial charge in [0.15, 0.2) is 0 Å². The number of rotatable bonds is 7. The lowest BCUT2D eigenvalue weighted by atomic mass is 9.75. The molecule has 0 saturated heterocycles. The molecule has 2 heteroatoms. The molecule has 1 saturated carbocycles. The summed E-state index contributed by atoms with van der Waals surface area (Å²) in [6, 6.07) is 7.51. The van der Waals surface area contributed by atoms with E-state index in [0.29, 0.717) is 12.0 Å². The van der Waals surface area contributed by atoms with Gasteiger partial charge in [-0.15, -0.1) is 0 Å². The van der Waals surface area contributed by atoms with Crippen LogP contribution in [0.4, 0.5) is 4.39 Å². The van der Waals surface area contributed by atoms with E-state index in [1.807, 2.05) is 12.1 Å². The highest BCUT2D eigenvalue weighted by atomic mass is 19.1. The molecule has 1 aliphatic rings. The van der Waals surface area contributed by atoms with Gasteiger partial charge in [0.05, 0.1) is 0 Å². The van der Waals surface area contributed by atoms with Crippen LogP contribution in [0.1, 0.15) is 70.4 Å². The Bertz CT molecular complexity index is 393. The summed E-state index contributed by atoms with van der Waals surface area (Å²) in [4.78, 5) is 0. The van der Waals surface area contributed by atoms with Crippen molar-refractivity contribution in [2.75, 3.05) is 6.54 Å². The topological polar surface area (TPSA) is 12.0 Å². The zero-order valence-corrected chi connectivity index (χ0v) is 13.6. The van der Waals surface area contributed by atoms with Crippen LogP contribution in [0.5, 0.6) is 0 Å². The fraction of sp³-hybridized carbons (Fsp3) is 0.684. The van der Waals surface area contributed by atoms with Crippen LogP contribution in [-0.4, -0.2) is 6.54 Å². The van der Waals surface area contributed by atoms with Crippen molar-refractivity contribution in [1.82, 2.24) is 5.32 Å². The Morgan fingerprint density at radius 3 is 2.29 bits per heavy atom. The van der Waals surface area contributed by atoms with Crippen LogP contribution in [0.15, 0.2) is 24.3 Å². The molecule has 118 valence electrons. The first kappa shape index (κ1) is 16.5. The molecule has 1 unspecified atom stereocenters. The Morgan fingerprint density at radius 1 is 1.05 bits per heavy atom. The van der Waals surface area contributed by atoms with Gasteiger partial charge in [-0.2, -0.15) is 0 Å². The van der Waals surface area contributed by atoms with Crippen molar-refractivity contribution in [3.63, 3.8) is 0 Å². The van der Waals surface area contributed by atoms with Crippen molar-refractivity contribution in [3.8, 4) is 0 Å². The molecule has 2 rings (SSSR count). The molecule has 1 N–H and O–H groups in total. The summed E-state index contributed by atoms with van der Waals surface area (Å²) < 4.78 is 13.2. The van der Waals surface area contributed by atoms with E-state index in [0.717, 1.165) is 18.9 Å². The Kier molecular flexibility index (Phi) is 6.69. The molecule has 0 radical (unpaired) electrons. The zero-order chi connectivity index (χ0) is 15.1. The van der Waals surface area contributed by atoms with Crippen LogP contribution in [0.25, 0.3) is 0 Å². The van der Waals surface area contributed by atoms with Gasteiger partial charge in [0.25, 0.3) is 0 Å². The molecule has 1 fully saturated rings. The van der Waals surface area contributed by atoms with Crippen molar-refractivity contribution in [2.24, 2.45) is 11.8 Å². The minimum atomic E-state index is -0.139. The van der Waals surface area contributed by atoms with Crippen LogP contribution in [0, 0.1) is 17.7 Å². The van der Waals surface area contributed by atoms with Gasteiger partial charge in [0.2, 0.25) is 0 Å². The summed E-state index contributed by atoms with van der Waals surface area (Å²) in [6.45, 7) is 5.53. The molecule has 0 aromatic heterocycles. The second-order valence-electron chi connectivity index (χ2n) is 6.55. The van der Waals surface area contributed by atoms with E-state index >= 15 is 0 Å². The molecule has 1 aromatic rings. The van der Waals surface area contributed by atoms with Crippen LogP contribution in [0.3, 0.4) is 0 Å².